The standard InChI is InChI=1S/C22H24N4O5S/c1-25(2)32(29,30)19-10-6-17(7-11-19)22(28)23-12-13-26-15-24-20(14-21(26)27)16-4-8-18(31-3)9-5-16/h4-11,14-15H,12-13H2,1-3H3,(H,23,28). The van der Waals surface area contributed by atoms with Crippen LogP contribution in [0.4, 0.5) is 0 Å². The molecule has 0 fully saturated rings. The third kappa shape index (κ3) is 5.21. The van der Waals surface area contributed by atoms with Gasteiger partial charge in [-0.2, -0.15) is 0 Å². The van der Waals surface area contributed by atoms with E-state index in [4.69, 9.17) is 4.74 Å². The molecule has 3 rings (SSSR count). The fraction of sp³-hybridized carbons (Fsp3) is 0.227. The molecule has 0 unspecified atom stereocenters. The molecule has 0 aliphatic rings. The molecular formula is C22H24N4O5S. The molecule has 1 aromatic heterocycles. The van der Waals surface area contributed by atoms with Gasteiger partial charge >= 0.3 is 0 Å². The Balaban J connectivity index is 1.60. The number of hydrogen-bond acceptors (Lipinski definition) is 6. The number of amides is 1. The highest BCUT2D eigenvalue weighted by Gasteiger charge is 2.17. The van der Waals surface area contributed by atoms with Gasteiger partial charge in [0.1, 0.15) is 5.75 Å². The van der Waals surface area contributed by atoms with Gasteiger partial charge in [-0.15, -0.1) is 0 Å². The average molecular weight is 457 g/mol. The van der Waals surface area contributed by atoms with E-state index in [1.54, 1.807) is 19.2 Å². The van der Waals surface area contributed by atoms with E-state index in [1.165, 1.54) is 55.3 Å². The van der Waals surface area contributed by atoms with Gasteiger partial charge in [-0.05, 0) is 48.5 Å². The van der Waals surface area contributed by atoms with Crippen LogP contribution in [-0.4, -0.2) is 55.9 Å². The summed E-state index contributed by atoms with van der Waals surface area (Å²) < 4.78 is 31.8. The van der Waals surface area contributed by atoms with Crippen molar-refractivity contribution < 1.29 is 17.9 Å². The highest BCUT2D eigenvalue weighted by molar-refractivity contribution is 7.89. The zero-order valence-electron chi connectivity index (χ0n) is 18.0. The first-order chi connectivity index (χ1) is 15.2. The lowest BCUT2D eigenvalue weighted by Crippen LogP contribution is -2.30. The van der Waals surface area contributed by atoms with Crippen LogP contribution in [0.3, 0.4) is 0 Å². The normalized spacial score (nSPS) is 11.4. The maximum atomic E-state index is 12.4. The number of nitrogens with zero attached hydrogens (tertiary/aromatic N) is 3. The summed E-state index contributed by atoms with van der Waals surface area (Å²) in [4.78, 5) is 29.1. The van der Waals surface area contributed by atoms with E-state index < -0.39 is 10.0 Å². The van der Waals surface area contributed by atoms with E-state index in [0.29, 0.717) is 17.0 Å². The van der Waals surface area contributed by atoms with Crippen molar-refractivity contribution in [3.63, 3.8) is 0 Å². The van der Waals surface area contributed by atoms with Gasteiger partial charge in [0.2, 0.25) is 10.0 Å². The van der Waals surface area contributed by atoms with Gasteiger partial charge < -0.3 is 10.1 Å². The Morgan fingerprint density at radius 1 is 1.09 bits per heavy atom. The number of hydrogen-bond donors (Lipinski definition) is 1. The molecule has 2 aromatic carbocycles. The maximum Gasteiger partial charge on any atom is 0.253 e. The fourth-order valence-corrected chi connectivity index (χ4v) is 3.80. The summed E-state index contributed by atoms with van der Waals surface area (Å²) in [6.45, 7) is 0.452. The first kappa shape index (κ1) is 23.2. The molecule has 1 heterocycles. The lowest BCUT2D eigenvalue weighted by molar-refractivity contribution is 0.0952. The highest BCUT2D eigenvalue weighted by Crippen LogP contribution is 2.19. The molecule has 0 aliphatic heterocycles. The van der Waals surface area contributed by atoms with Crippen LogP contribution in [0.1, 0.15) is 10.4 Å². The second-order valence-electron chi connectivity index (χ2n) is 7.10. The third-order valence-electron chi connectivity index (χ3n) is 4.80. The van der Waals surface area contributed by atoms with Gasteiger partial charge in [-0.1, -0.05) is 0 Å². The van der Waals surface area contributed by atoms with Crippen LogP contribution >= 0.6 is 0 Å². The highest BCUT2D eigenvalue weighted by atomic mass is 32.2. The van der Waals surface area contributed by atoms with E-state index in [2.05, 4.69) is 10.3 Å². The Morgan fingerprint density at radius 2 is 1.75 bits per heavy atom. The Morgan fingerprint density at radius 3 is 2.31 bits per heavy atom. The molecule has 3 aromatic rings. The van der Waals surface area contributed by atoms with Crippen molar-refractivity contribution in [1.82, 2.24) is 19.2 Å². The second kappa shape index (κ2) is 9.75. The number of aromatic nitrogens is 2. The molecule has 9 nitrogen and oxygen atoms in total. The second-order valence-corrected chi connectivity index (χ2v) is 9.25. The van der Waals surface area contributed by atoms with E-state index in [9.17, 15) is 18.0 Å². The average Bonchev–Trinajstić information content (AvgIpc) is 2.80. The minimum Gasteiger partial charge on any atom is -0.497 e. The van der Waals surface area contributed by atoms with Crippen LogP contribution in [0.2, 0.25) is 0 Å². The molecule has 0 bridgehead atoms. The molecule has 0 saturated heterocycles. The molecule has 1 amide bonds. The SMILES string of the molecule is COc1ccc(-c2cc(=O)n(CCNC(=O)c3ccc(S(=O)(=O)N(C)C)cc3)cn2)cc1. The Bertz CT molecular complexity index is 1250. The lowest BCUT2D eigenvalue weighted by Gasteiger charge is -2.12. The molecule has 32 heavy (non-hydrogen) atoms. The minimum atomic E-state index is -3.55. The minimum absolute atomic E-state index is 0.105. The number of carbonyl (C=O) groups excluding carboxylic acids is 1. The van der Waals surface area contributed by atoms with Crippen molar-refractivity contribution in [2.75, 3.05) is 27.7 Å². The van der Waals surface area contributed by atoms with Crippen molar-refractivity contribution in [2.45, 2.75) is 11.4 Å². The first-order valence-electron chi connectivity index (χ1n) is 9.74. The first-order valence-corrected chi connectivity index (χ1v) is 11.2. The third-order valence-corrected chi connectivity index (χ3v) is 6.63. The molecule has 0 saturated carbocycles. The van der Waals surface area contributed by atoms with E-state index in [-0.39, 0.29) is 29.5 Å². The summed E-state index contributed by atoms with van der Waals surface area (Å²) in [5.74, 6) is 0.349. The number of nitrogens with one attached hydrogen (secondary N) is 1. The predicted molar refractivity (Wildman–Crippen MR) is 120 cm³/mol. The van der Waals surface area contributed by atoms with Crippen LogP contribution in [0.25, 0.3) is 11.3 Å². The van der Waals surface area contributed by atoms with Crippen molar-refractivity contribution in [3.05, 3.63) is 76.8 Å². The molecule has 0 spiro atoms. The Kier molecular flexibility index (Phi) is 7.06. The van der Waals surface area contributed by atoms with Crippen molar-refractivity contribution in [1.29, 1.82) is 0 Å². The number of benzene rings is 2. The van der Waals surface area contributed by atoms with Gasteiger partial charge in [-0.3, -0.25) is 14.2 Å². The zero-order valence-corrected chi connectivity index (χ0v) is 18.8. The summed E-state index contributed by atoms with van der Waals surface area (Å²) in [7, 11) is 0.909. The molecule has 0 atom stereocenters. The predicted octanol–water partition coefficient (Wildman–Crippen LogP) is 1.60. The van der Waals surface area contributed by atoms with E-state index in [1.807, 2.05) is 12.1 Å². The number of sulfonamides is 1. The summed E-state index contributed by atoms with van der Waals surface area (Å²) in [6.07, 6.45) is 1.44. The van der Waals surface area contributed by atoms with Gasteiger partial charge in [0.05, 0.1) is 24.0 Å². The quantitative estimate of drug-likeness (QED) is 0.551. The molecule has 0 aliphatic carbocycles. The van der Waals surface area contributed by atoms with Gasteiger partial charge in [0, 0.05) is 44.4 Å². The summed E-state index contributed by atoms with van der Waals surface area (Å²) >= 11 is 0. The van der Waals surface area contributed by atoms with Gasteiger partial charge in [0.15, 0.2) is 0 Å². The van der Waals surface area contributed by atoms with Crippen LogP contribution in [-0.2, 0) is 16.6 Å². The zero-order chi connectivity index (χ0) is 23.3. The largest absolute Gasteiger partial charge is 0.497 e. The number of rotatable bonds is 8. The summed E-state index contributed by atoms with van der Waals surface area (Å²) in [5, 5.41) is 2.71. The van der Waals surface area contributed by atoms with Crippen molar-refractivity contribution in [2.24, 2.45) is 0 Å². The van der Waals surface area contributed by atoms with Crippen LogP contribution in [0.15, 0.2) is 70.6 Å². The maximum absolute atomic E-state index is 12.4. The van der Waals surface area contributed by atoms with Crippen LogP contribution in [0.5, 0.6) is 5.75 Å². The van der Waals surface area contributed by atoms with Gasteiger partial charge in [-0.25, -0.2) is 17.7 Å². The molecule has 168 valence electrons. The van der Waals surface area contributed by atoms with Crippen LogP contribution in [0, 0.1) is 0 Å². The number of carbonyl (C=O) groups is 1. The van der Waals surface area contributed by atoms with E-state index in [0.717, 1.165) is 9.87 Å². The fourth-order valence-electron chi connectivity index (χ4n) is 2.89. The number of ether oxygens (including phenoxy) is 1. The molecule has 0 radical (unpaired) electrons. The summed E-state index contributed by atoms with van der Waals surface area (Å²) in [6, 6.07) is 14.3. The lowest BCUT2D eigenvalue weighted by atomic mass is 10.1. The van der Waals surface area contributed by atoms with Gasteiger partial charge in [0.25, 0.3) is 11.5 Å². The topological polar surface area (TPSA) is 111 Å². The van der Waals surface area contributed by atoms with Crippen LogP contribution < -0.4 is 15.6 Å². The smallest absolute Gasteiger partial charge is 0.253 e. The van der Waals surface area contributed by atoms with Crippen molar-refractivity contribution in [3.8, 4) is 17.0 Å². The van der Waals surface area contributed by atoms with Crippen molar-refractivity contribution >= 4 is 15.9 Å². The molecule has 1 N–H and O–H groups in total. The van der Waals surface area contributed by atoms with E-state index >= 15 is 0 Å². The summed E-state index contributed by atoms with van der Waals surface area (Å²) in [5.41, 5.74) is 1.43. The monoisotopic (exact) mass is 456 g/mol. The molecule has 10 heteroatoms. The Labute approximate surface area is 186 Å². The molecular weight excluding hydrogens is 432 g/mol. The Hall–Kier alpha value is -3.50. The number of methoxy groups -OCH3 is 1.